The fourth-order valence-corrected chi connectivity index (χ4v) is 2.43. The molecule has 1 N–H and O–H groups in total. The first-order valence-corrected chi connectivity index (χ1v) is 6.41. The molecule has 1 fully saturated rings. The van der Waals surface area contributed by atoms with Crippen molar-refractivity contribution in [3.8, 4) is 0 Å². The van der Waals surface area contributed by atoms with Gasteiger partial charge in [0.25, 0.3) is 0 Å². The van der Waals surface area contributed by atoms with Crippen LogP contribution in [-0.2, 0) is 0 Å². The molecule has 2 rings (SSSR count). The van der Waals surface area contributed by atoms with Gasteiger partial charge in [-0.1, -0.05) is 22.9 Å². The number of rotatable bonds is 2. The highest BCUT2D eigenvalue weighted by Crippen LogP contribution is 2.25. The minimum Gasteiger partial charge on any atom is -0.367 e. The van der Waals surface area contributed by atoms with Gasteiger partial charge < -0.3 is 5.32 Å². The van der Waals surface area contributed by atoms with Crippen LogP contribution < -0.4 is 5.32 Å². The van der Waals surface area contributed by atoms with Crippen molar-refractivity contribution < 1.29 is 0 Å². The maximum atomic E-state index is 4.31. The number of nitrogens with zero attached hydrogens (tertiary/aromatic N) is 1. The van der Waals surface area contributed by atoms with Gasteiger partial charge in [-0.15, -0.1) is 0 Å². The van der Waals surface area contributed by atoms with Crippen LogP contribution in [0.1, 0.15) is 32.6 Å². The zero-order valence-electron chi connectivity index (χ0n) is 9.04. The molecule has 0 radical (unpaired) electrons. The van der Waals surface area contributed by atoms with Crippen molar-refractivity contribution in [2.45, 2.75) is 38.6 Å². The largest absolute Gasteiger partial charge is 0.367 e. The van der Waals surface area contributed by atoms with E-state index < -0.39 is 0 Å². The van der Waals surface area contributed by atoms with E-state index in [4.69, 9.17) is 0 Å². The molecule has 0 aliphatic heterocycles. The van der Waals surface area contributed by atoms with E-state index in [2.05, 4.69) is 33.2 Å². The molecule has 15 heavy (non-hydrogen) atoms. The van der Waals surface area contributed by atoms with Crippen LogP contribution in [0.25, 0.3) is 0 Å². The summed E-state index contributed by atoms with van der Waals surface area (Å²) in [4.78, 5) is 4.31. The Kier molecular flexibility index (Phi) is 3.62. The zero-order chi connectivity index (χ0) is 10.7. The number of hydrogen-bond donors (Lipinski definition) is 1. The summed E-state index contributed by atoms with van der Waals surface area (Å²) in [6.07, 6.45) is 7.06. The molecule has 1 aromatic rings. The molecule has 0 amide bonds. The highest BCUT2D eigenvalue weighted by molar-refractivity contribution is 9.10. The molecule has 3 heteroatoms. The first-order valence-electron chi connectivity index (χ1n) is 5.62. The van der Waals surface area contributed by atoms with E-state index in [0.717, 1.165) is 16.2 Å². The Balaban J connectivity index is 1.92. The van der Waals surface area contributed by atoms with Crippen molar-refractivity contribution in [2.24, 2.45) is 5.92 Å². The molecule has 0 spiro atoms. The van der Waals surface area contributed by atoms with Gasteiger partial charge in [-0.25, -0.2) is 4.98 Å². The van der Waals surface area contributed by atoms with Gasteiger partial charge in [0.15, 0.2) is 0 Å². The molecule has 0 aromatic carbocycles. The summed E-state index contributed by atoms with van der Waals surface area (Å²) in [5.41, 5.74) is 0. The van der Waals surface area contributed by atoms with E-state index in [1.165, 1.54) is 25.7 Å². The number of halogens is 1. The van der Waals surface area contributed by atoms with Gasteiger partial charge >= 0.3 is 0 Å². The molecular formula is C12H17BrN2. The summed E-state index contributed by atoms with van der Waals surface area (Å²) in [6, 6.07) is 4.61. The smallest absolute Gasteiger partial charge is 0.127 e. The molecular weight excluding hydrogens is 252 g/mol. The number of aromatic nitrogens is 1. The highest BCUT2D eigenvalue weighted by atomic mass is 79.9. The quantitative estimate of drug-likeness (QED) is 0.882. The van der Waals surface area contributed by atoms with E-state index >= 15 is 0 Å². The molecule has 0 saturated heterocycles. The van der Waals surface area contributed by atoms with Crippen LogP contribution in [0.15, 0.2) is 22.8 Å². The number of pyridine rings is 1. The average Bonchev–Trinajstić information content (AvgIpc) is 2.22. The van der Waals surface area contributed by atoms with E-state index in [0.29, 0.717) is 6.04 Å². The second kappa shape index (κ2) is 4.97. The van der Waals surface area contributed by atoms with Crippen molar-refractivity contribution in [2.75, 3.05) is 5.32 Å². The van der Waals surface area contributed by atoms with Crippen LogP contribution in [0.5, 0.6) is 0 Å². The average molecular weight is 269 g/mol. The van der Waals surface area contributed by atoms with Gasteiger partial charge in [0.05, 0.1) is 0 Å². The van der Waals surface area contributed by atoms with Crippen LogP contribution in [0.4, 0.5) is 5.82 Å². The van der Waals surface area contributed by atoms with Gasteiger partial charge in [-0.3, -0.25) is 0 Å². The van der Waals surface area contributed by atoms with Crippen molar-refractivity contribution >= 4 is 21.7 Å². The zero-order valence-corrected chi connectivity index (χ0v) is 10.6. The lowest BCUT2D eigenvalue weighted by Crippen LogP contribution is -2.25. The minimum absolute atomic E-state index is 0.614. The van der Waals surface area contributed by atoms with E-state index in [1.54, 1.807) is 0 Å². The third-order valence-corrected chi connectivity index (χ3v) is 3.58. The first kappa shape index (κ1) is 10.9. The standard InChI is InChI=1S/C12H17BrN2/c1-9-2-4-11(5-3-9)15-12-8-10(13)6-7-14-12/h6-9,11H,2-5H2,1H3,(H,14,15). The van der Waals surface area contributed by atoms with Gasteiger partial charge in [0, 0.05) is 16.7 Å². The molecule has 1 saturated carbocycles. The van der Waals surface area contributed by atoms with Crippen molar-refractivity contribution in [3.63, 3.8) is 0 Å². The predicted molar refractivity (Wildman–Crippen MR) is 67.0 cm³/mol. The SMILES string of the molecule is CC1CCC(Nc2cc(Br)ccn2)CC1. The Morgan fingerprint density at radius 2 is 2.07 bits per heavy atom. The third-order valence-electron chi connectivity index (χ3n) is 3.09. The monoisotopic (exact) mass is 268 g/mol. The number of anilines is 1. The lowest BCUT2D eigenvalue weighted by molar-refractivity contribution is 0.361. The Morgan fingerprint density at radius 1 is 1.33 bits per heavy atom. The fraction of sp³-hybridized carbons (Fsp3) is 0.583. The molecule has 1 aliphatic rings. The molecule has 2 nitrogen and oxygen atoms in total. The van der Waals surface area contributed by atoms with Crippen molar-refractivity contribution in [3.05, 3.63) is 22.8 Å². The van der Waals surface area contributed by atoms with Gasteiger partial charge in [0.2, 0.25) is 0 Å². The molecule has 82 valence electrons. The minimum atomic E-state index is 0.614. The predicted octanol–water partition coefficient (Wildman–Crippen LogP) is 3.83. The second-order valence-corrected chi connectivity index (χ2v) is 5.38. The van der Waals surface area contributed by atoms with Gasteiger partial charge in [0.1, 0.15) is 5.82 Å². The second-order valence-electron chi connectivity index (χ2n) is 4.46. The highest BCUT2D eigenvalue weighted by Gasteiger charge is 2.17. The first-order chi connectivity index (χ1) is 7.24. The number of hydrogen-bond acceptors (Lipinski definition) is 2. The van der Waals surface area contributed by atoms with E-state index in [9.17, 15) is 0 Å². The van der Waals surface area contributed by atoms with Crippen LogP contribution in [-0.4, -0.2) is 11.0 Å². The van der Waals surface area contributed by atoms with Crippen LogP contribution in [0, 0.1) is 5.92 Å². The Labute approximate surface area is 99.6 Å². The fourth-order valence-electron chi connectivity index (χ4n) is 2.10. The summed E-state index contributed by atoms with van der Waals surface area (Å²) in [7, 11) is 0. The third kappa shape index (κ3) is 3.20. The topological polar surface area (TPSA) is 24.9 Å². The molecule has 1 heterocycles. The Hall–Kier alpha value is -0.570. The van der Waals surface area contributed by atoms with Crippen LogP contribution >= 0.6 is 15.9 Å². The summed E-state index contributed by atoms with van der Waals surface area (Å²) in [5, 5.41) is 3.50. The molecule has 0 atom stereocenters. The van der Waals surface area contributed by atoms with Crippen molar-refractivity contribution in [1.82, 2.24) is 4.98 Å². The summed E-state index contributed by atoms with van der Waals surface area (Å²) < 4.78 is 1.09. The lowest BCUT2D eigenvalue weighted by Gasteiger charge is -2.27. The normalized spacial score (nSPS) is 26.3. The maximum absolute atomic E-state index is 4.31. The maximum Gasteiger partial charge on any atom is 0.127 e. The molecule has 0 unspecified atom stereocenters. The molecule has 1 aliphatic carbocycles. The summed E-state index contributed by atoms with van der Waals surface area (Å²) in [5.74, 6) is 1.89. The number of nitrogens with one attached hydrogen (secondary N) is 1. The van der Waals surface area contributed by atoms with Crippen LogP contribution in [0.3, 0.4) is 0 Å². The van der Waals surface area contributed by atoms with Crippen LogP contribution in [0.2, 0.25) is 0 Å². The molecule has 1 aromatic heterocycles. The van der Waals surface area contributed by atoms with E-state index in [1.807, 2.05) is 18.3 Å². The lowest BCUT2D eigenvalue weighted by atomic mass is 9.87. The summed E-state index contributed by atoms with van der Waals surface area (Å²) in [6.45, 7) is 2.34. The van der Waals surface area contributed by atoms with Crippen molar-refractivity contribution in [1.29, 1.82) is 0 Å². The Bertz CT molecular complexity index is 319. The molecule has 0 bridgehead atoms. The van der Waals surface area contributed by atoms with Gasteiger partial charge in [-0.2, -0.15) is 0 Å². The van der Waals surface area contributed by atoms with E-state index in [-0.39, 0.29) is 0 Å². The summed E-state index contributed by atoms with van der Waals surface area (Å²) >= 11 is 3.46. The Morgan fingerprint density at radius 3 is 2.73 bits per heavy atom. The van der Waals surface area contributed by atoms with Gasteiger partial charge in [-0.05, 0) is 43.7 Å².